The Morgan fingerprint density at radius 1 is 1.12 bits per heavy atom. The van der Waals surface area contributed by atoms with Gasteiger partial charge in [-0.25, -0.2) is 32.6 Å². The molecule has 2 unspecified atom stereocenters. The van der Waals surface area contributed by atoms with E-state index in [1.54, 1.807) is 55.7 Å². The number of pyridine rings is 1. The van der Waals surface area contributed by atoms with E-state index >= 15 is 0 Å². The van der Waals surface area contributed by atoms with E-state index in [0.717, 1.165) is 12.0 Å². The topological polar surface area (TPSA) is 147 Å². The first-order valence-corrected chi connectivity index (χ1v) is 15.6. The lowest BCUT2D eigenvalue weighted by Gasteiger charge is -2.35. The number of likely N-dealkylation sites (tertiary alicyclic amines) is 1. The summed E-state index contributed by atoms with van der Waals surface area (Å²) < 4.78 is 48.6. The molecule has 1 amide bonds. The van der Waals surface area contributed by atoms with Crippen LogP contribution in [0.2, 0.25) is 0 Å². The molecule has 1 fully saturated rings. The summed E-state index contributed by atoms with van der Waals surface area (Å²) in [5.41, 5.74) is 1.69. The normalized spacial score (nSPS) is 17.1. The van der Waals surface area contributed by atoms with Crippen LogP contribution in [-0.4, -0.2) is 64.4 Å². The summed E-state index contributed by atoms with van der Waals surface area (Å²) in [6.07, 6.45) is 3.38. The molecule has 5 rings (SSSR count). The molecular formula is C30H33FN6O5S. The largest absolute Gasteiger partial charge is 0.465 e. The number of nitrogens with one attached hydrogen (secondary N) is 2. The number of benzene rings is 2. The summed E-state index contributed by atoms with van der Waals surface area (Å²) in [6, 6.07) is 11.3. The molecule has 3 heterocycles. The molecule has 1 saturated heterocycles. The van der Waals surface area contributed by atoms with Gasteiger partial charge >= 0.3 is 6.09 Å². The van der Waals surface area contributed by atoms with Crippen LogP contribution in [0.15, 0.2) is 54.9 Å². The van der Waals surface area contributed by atoms with Gasteiger partial charge in [0, 0.05) is 42.3 Å². The third-order valence-corrected chi connectivity index (χ3v) is 8.65. The average molecular weight is 609 g/mol. The van der Waals surface area contributed by atoms with Crippen molar-refractivity contribution >= 4 is 38.5 Å². The second-order valence-corrected chi connectivity index (χ2v) is 12.6. The van der Waals surface area contributed by atoms with Gasteiger partial charge in [0.25, 0.3) is 0 Å². The number of hydrogen-bond donors (Lipinski definition) is 3. The number of fused-ring (bicyclic) bond motifs is 1. The number of ether oxygens (including phenoxy) is 1. The van der Waals surface area contributed by atoms with Crippen molar-refractivity contribution in [3.8, 4) is 22.9 Å². The summed E-state index contributed by atoms with van der Waals surface area (Å²) in [4.78, 5) is 26.4. The highest BCUT2D eigenvalue weighted by Gasteiger charge is 2.28. The first-order chi connectivity index (χ1) is 20.5. The lowest BCUT2D eigenvalue weighted by molar-refractivity contribution is 0.119. The molecule has 1 aliphatic rings. The lowest BCUT2D eigenvalue weighted by atomic mass is 9.96. The number of rotatable bonds is 9. The van der Waals surface area contributed by atoms with Crippen molar-refractivity contribution in [2.24, 2.45) is 5.92 Å². The zero-order valence-electron chi connectivity index (χ0n) is 24.0. The second-order valence-electron chi connectivity index (χ2n) is 10.7. The summed E-state index contributed by atoms with van der Waals surface area (Å²) in [6.45, 7) is 6.38. The maximum Gasteiger partial charge on any atom is 0.407 e. The molecule has 11 nitrogen and oxygen atoms in total. The van der Waals surface area contributed by atoms with Gasteiger partial charge in [-0.15, -0.1) is 0 Å². The zero-order valence-corrected chi connectivity index (χ0v) is 24.9. The van der Waals surface area contributed by atoms with Gasteiger partial charge in [-0.05, 0) is 61.6 Å². The minimum absolute atomic E-state index is 0.136. The number of aryl methyl sites for hydroxylation is 1. The monoisotopic (exact) mass is 608 g/mol. The fourth-order valence-electron chi connectivity index (χ4n) is 5.31. The molecule has 13 heteroatoms. The van der Waals surface area contributed by atoms with Crippen molar-refractivity contribution < 1.29 is 27.4 Å². The number of nitrogens with zero attached hydrogens (tertiary/aromatic N) is 4. The molecule has 43 heavy (non-hydrogen) atoms. The van der Waals surface area contributed by atoms with E-state index in [2.05, 4.69) is 25.0 Å². The Labute approximate surface area is 249 Å². The van der Waals surface area contributed by atoms with E-state index in [9.17, 15) is 22.7 Å². The Morgan fingerprint density at radius 2 is 1.91 bits per heavy atom. The molecule has 0 bridgehead atoms. The number of sulfonamides is 1. The molecule has 1 aliphatic heterocycles. The Morgan fingerprint density at radius 3 is 2.67 bits per heavy atom. The van der Waals surface area contributed by atoms with E-state index in [0.29, 0.717) is 53.2 Å². The highest BCUT2D eigenvalue weighted by Crippen LogP contribution is 2.39. The minimum Gasteiger partial charge on any atom is -0.465 e. The number of anilines is 2. The summed E-state index contributed by atoms with van der Waals surface area (Å²) in [5, 5.41) is 13.6. The van der Waals surface area contributed by atoms with Crippen LogP contribution < -0.4 is 14.8 Å². The molecule has 3 N–H and O–H groups in total. The van der Waals surface area contributed by atoms with E-state index < -0.39 is 21.9 Å². The molecule has 2 aromatic heterocycles. The highest BCUT2D eigenvalue weighted by molar-refractivity contribution is 7.92. The number of aromatic nitrogens is 3. The molecule has 226 valence electrons. The van der Waals surface area contributed by atoms with Crippen LogP contribution in [0, 0.1) is 18.7 Å². The van der Waals surface area contributed by atoms with Crippen LogP contribution in [0.5, 0.6) is 11.6 Å². The molecule has 0 saturated carbocycles. The van der Waals surface area contributed by atoms with Crippen LogP contribution >= 0.6 is 0 Å². The molecule has 2 atom stereocenters. The third kappa shape index (κ3) is 6.77. The smallest absolute Gasteiger partial charge is 0.407 e. The van der Waals surface area contributed by atoms with Crippen molar-refractivity contribution in [2.75, 3.05) is 28.9 Å². The number of amides is 1. The average Bonchev–Trinajstić information content (AvgIpc) is 2.96. The van der Waals surface area contributed by atoms with E-state index in [4.69, 9.17) is 4.74 Å². The Balaban J connectivity index is 1.47. The van der Waals surface area contributed by atoms with Gasteiger partial charge in [-0.3, -0.25) is 4.72 Å². The van der Waals surface area contributed by atoms with E-state index in [-0.39, 0.29) is 29.3 Å². The Hall–Kier alpha value is -4.52. The molecule has 0 aliphatic carbocycles. The van der Waals surface area contributed by atoms with Gasteiger partial charge in [0.1, 0.15) is 11.6 Å². The van der Waals surface area contributed by atoms with E-state index in [1.165, 1.54) is 11.0 Å². The van der Waals surface area contributed by atoms with Crippen molar-refractivity contribution in [2.45, 2.75) is 39.7 Å². The number of halogens is 1. The number of hydrogen-bond acceptors (Lipinski definition) is 8. The fourth-order valence-corrected chi connectivity index (χ4v) is 6.47. The van der Waals surface area contributed by atoms with Crippen molar-refractivity contribution in [1.82, 2.24) is 19.9 Å². The van der Waals surface area contributed by atoms with Crippen molar-refractivity contribution in [1.29, 1.82) is 0 Å². The predicted octanol–water partition coefficient (Wildman–Crippen LogP) is 5.88. The van der Waals surface area contributed by atoms with Crippen LogP contribution in [0.1, 0.15) is 32.3 Å². The lowest BCUT2D eigenvalue weighted by Crippen LogP contribution is -2.47. The predicted molar refractivity (Wildman–Crippen MR) is 162 cm³/mol. The standard InChI is InChI=1S/C30H33FN6O5S/c1-4-14-43(40,41)36-26-21-8-7-19(3)27(22(21)9-10-24(26)31)42-28-23(6-5-12-32-28)25-11-13-33-29(35-25)34-20-15-18(2)16-37(17-20)30(38)39/h5-13,18,20,36H,4,14-17H2,1-3H3,(H,38,39)(H,33,34,35). The van der Waals surface area contributed by atoms with Crippen LogP contribution in [0.4, 0.5) is 20.8 Å². The highest BCUT2D eigenvalue weighted by atomic mass is 32.2. The van der Waals surface area contributed by atoms with Crippen LogP contribution in [-0.2, 0) is 10.0 Å². The molecule has 2 aromatic carbocycles. The van der Waals surface area contributed by atoms with Gasteiger partial charge in [0.15, 0.2) is 0 Å². The zero-order chi connectivity index (χ0) is 30.7. The van der Waals surface area contributed by atoms with Crippen molar-refractivity contribution in [3.05, 3.63) is 66.2 Å². The van der Waals surface area contributed by atoms with Gasteiger partial charge in [0.2, 0.25) is 21.9 Å². The Kier molecular flexibility index (Phi) is 8.62. The van der Waals surface area contributed by atoms with Crippen LogP contribution in [0.3, 0.4) is 0 Å². The molecule has 4 aromatic rings. The summed E-state index contributed by atoms with van der Waals surface area (Å²) in [7, 11) is -3.74. The van der Waals surface area contributed by atoms with E-state index in [1.807, 2.05) is 13.8 Å². The fraction of sp³-hybridized carbons (Fsp3) is 0.333. The minimum atomic E-state index is -3.74. The van der Waals surface area contributed by atoms with Crippen molar-refractivity contribution in [3.63, 3.8) is 0 Å². The SMILES string of the molecule is CCCS(=O)(=O)Nc1c(F)ccc2c(Oc3ncccc3-c3ccnc(NC4CC(C)CN(C(=O)O)C4)n3)c(C)ccc12. The molecular weight excluding hydrogens is 575 g/mol. The first-order valence-electron chi connectivity index (χ1n) is 14.0. The number of piperidine rings is 1. The van der Waals surface area contributed by atoms with Gasteiger partial charge in [0.05, 0.1) is 22.7 Å². The second kappa shape index (κ2) is 12.4. The molecule has 0 radical (unpaired) electrons. The Bertz CT molecular complexity index is 1770. The van der Waals surface area contributed by atoms with Crippen LogP contribution in [0.25, 0.3) is 22.0 Å². The quantitative estimate of drug-likeness (QED) is 0.212. The maximum atomic E-state index is 14.9. The van der Waals surface area contributed by atoms with Gasteiger partial charge < -0.3 is 20.1 Å². The number of carbonyl (C=O) groups is 1. The number of carboxylic acid groups (broad SMARTS) is 1. The third-order valence-electron chi connectivity index (χ3n) is 7.19. The van der Waals surface area contributed by atoms with Gasteiger partial charge in [-0.2, -0.15) is 0 Å². The summed E-state index contributed by atoms with van der Waals surface area (Å²) in [5.74, 6) is 0.332. The first kappa shape index (κ1) is 30.0. The summed E-state index contributed by atoms with van der Waals surface area (Å²) >= 11 is 0. The van der Waals surface area contributed by atoms with Gasteiger partial charge in [-0.1, -0.05) is 26.0 Å². The maximum absolute atomic E-state index is 14.9. The molecule has 0 spiro atoms.